The second kappa shape index (κ2) is 5.12. The van der Waals surface area contributed by atoms with Crippen LogP contribution in [0.25, 0.3) is 11.3 Å². The number of benzene rings is 2. The zero-order valence-corrected chi connectivity index (χ0v) is 11.0. The summed E-state index contributed by atoms with van der Waals surface area (Å²) in [6.45, 7) is 0. The molecule has 0 saturated heterocycles. The molecule has 0 atom stereocenters. The van der Waals surface area contributed by atoms with Crippen molar-refractivity contribution in [3.8, 4) is 11.3 Å². The Morgan fingerprint density at radius 1 is 0.947 bits per heavy atom. The fourth-order valence-corrected chi connectivity index (χ4v) is 2.44. The van der Waals surface area contributed by atoms with Gasteiger partial charge in [0.25, 0.3) is 0 Å². The Morgan fingerprint density at radius 2 is 1.74 bits per heavy atom. The van der Waals surface area contributed by atoms with E-state index in [-0.39, 0.29) is 0 Å². The lowest BCUT2D eigenvalue weighted by atomic mass is 10.1. The molecular weight excluding hydrogens is 254 g/mol. The van der Waals surface area contributed by atoms with Gasteiger partial charge in [-0.1, -0.05) is 30.3 Å². The number of thiazole rings is 1. The maximum atomic E-state index is 5.67. The van der Waals surface area contributed by atoms with Crippen molar-refractivity contribution in [1.82, 2.24) is 4.98 Å². The molecule has 0 spiro atoms. The van der Waals surface area contributed by atoms with Crippen molar-refractivity contribution in [3.63, 3.8) is 0 Å². The predicted molar refractivity (Wildman–Crippen MR) is 81.7 cm³/mol. The van der Waals surface area contributed by atoms with Gasteiger partial charge in [0.05, 0.1) is 5.69 Å². The van der Waals surface area contributed by atoms with Gasteiger partial charge in [-0.3, -0.25) is 0 Å². The Bertz CT molecular complexity index is 677. The molecule has 3 rings (SSSR count). The molecule has 0 radical (unpaired) electrons. The largest absolute Gasteiger partial charge is 0.375 e. The molecule has 3 aromatic rings. The zero-order chi connectivity index (χ0) is 13.1. The average molecular weight is 267 g/mol. The minimum absolute atomic E-state index is 0.594. The highest BCUT2D eigenvalue weighted by Gasteiger charge is 2.03. The maximum Gasteiger partial charge on any atom is 0.180 e. The molecule has 0 aliphatic carbocycles. The van der Waals surface area contributed by atoms with E-state index < -0.39 is 0 Å². The monoisotopic (exact) mass is 267 g/mol. The first-order valence-corrected chi connectivity index (χ1v) is 6.83. The first-order valence-electron chi connectivity index (χ1n) is 5.95. The Kier molecular flexibility index (Phi) is 3.16. The van der Waals surface area contributed by atoms with E-state index in [4.69, 9.17) is 5.73 Å². The number of nitrogens with two attached hydrogens (primary N) is 1. The molecule has 3 nitrogen and oxygen atoms in total. The van der Waals surface area contributed by atoms with E-state index in [9.17, 15) is 0 Å². The van der Waals surface area contributed by atoms with Crippen molar-refractivity contribution in [1.29, 1.82) is 0 Å². The van der Waals surface area contributed by atoms with Gasteiger partial charge in [0.1, 0.15) is 0 Å². The number of aromatic nitrogens is 1. The molecule has 0 bridgehead atoms. The summed E-state index contributed by atoms with van der Waals surface area (Å²) >= 11 is 1.46. The van der Waals surface area contributed by atoms with Crippen molar-refractivity contribution in [3.05, 3.63) is 60.0 Å². The summed E-state index contributed by atoms with van der Waals surface area (Å²) in [5, 5.41) is 5.93. The lowest BCUT2D eigenvalue weighted by Crippen LogP contribution is -1.90. The van der Waals surface area contributed by atoms with Crippen molar-refractivity contribution in [2.24, 2.45) is 0 Å². The summed E-state index contributed by atoms with van der Waals surface area (Å²) in [6, 6.07) is 18.2. The highest BCUT2D eigenvalue weighted by molar-refractivity contribution is 7.13. The van der Waals surface area contributed by atoms with E-state index in [1.807, 2.05) is 53.9 Å². The number of anilines is 3. The van der Waals surface area contributed by atoms with Crippen molar-refractivity contribution >= 4 is 27.8 Å². The number of hydrogen-bond donors (Lipinski definition) is 2. The second-order valence-electron chi connectivity index (χ2n) is 4.14. The molecule has 1 heterocycles. The zero-order valence-electron chi connectivity index (χ0n) is 10.2. The first-order chi connectivity index (χ1) is 9.31. The van der Waals surface area contributed by atoms with Gasteiger partial charge in [0.2, 0.25) is 0 Å². The average Bonchev–Trinajstić information content (AvgIpc) is 2.87. The van der Waals surface area contributed by atoms with E-state index in [0.29, 0.717) is 5.13 Å². The Morgan fingerprint density at radius 3 is 2.47 bits per heavy atom. The minimum Gasteiger partial charge on any atom is -0.375 e. The molecule has 0 aliphatic rings. The molecule has 0 fully saturated rings. The Balaban J connectivity index is 1.88. The SMILES string of the molecule is Nc1nc(-c2cccc(Nc3ccccc3)c2)cs1. The van der Waals surface area contributed by atoms with E-state index in [1.54, 1.807) is 0 Å². The van der Waals surface area contributed by atoms with Crippen LogP contribution >= 0.6 is 11.3 Å². The van der Waals surface area contributed by atoms with Gasteiger partial charge in [-0.05, 0) is 24.3 Å². The summed E-state index contributed by atoms with van der Waals surface area (Å²) in [6.07, 6.45) is 0. The van der Waals surface area contributed by atoms with Crippen LogP contribution in [-0.2, 0) is 0 Å². The summed E-state index contributed by atoms with van der Waals surface area (Å²) in [5.74, 6) is 0. The van der Waals surface area contributed by atoms with Crippen molar-refractivity contribution in [2.45, 2.75) is 0 Å². The van der Waals surface area contributed by atoms with Crippen molar-refractivity contribution < 1.29 is 0 Å². The summed E-state index contributed by atoms with van der Waals surface area (Å²) in [7, 11) is 0. The quantitative estimate of drug-likeness (QED) is 0.750. The van der Waals surface area contributed by atoms with E-state index in [2.05, 4.69) is 16.4 Å². The van der Waals surface area contributed by atoms with Crippen LogP contribution in [0.15, 0.2) is 60.0 Å². The maximum absolute atomic E-state index is 5.67. The van der Waals surface area contributed by atoms with Crippen LogP contribution in [0.2, 0.25) is 0 Å². The van der Waals surface area contributed by atoms with Crippen molar-refractivity contribution in [2.75, 3.05) is 11.1 Å². The first kappa shape index (κ1) is 11.7. The van der Waals surface area contributed by atoms with Gasteiger partial charge < -0.3 is 11.1 Å². The fourth-order valence-electron chi connectivity index (χ4n) is 1.86. The molecule has 19 heavy (non-hydrogen) atoms. The van der Waals surface area contributed by atoms with E-state index in [0.717, 1.165) is 22.6 Å². The summed E-state index contributed by atoms with van der Waals surface area (Å²) in [5.41, 5.74) is 9.75. The summed E-state index contributed by atoms with van der Waals surface area (Å²) in [4.78, 5) is 4.30. The third-order valence-corrected chi connectivity index (χ3v) is 3.42. The smallest absolute Gasteiger partial charge is 0.180 e. The van der Waals surface area contributed by atoms with E-state index in [1.165, 1.54) is 11.3 Å². The third kappa shape index (κ3) is 2.74. The normalized spacial score (nSPS) is 10.3. The van der Waals surface area contributed by atoms with Crippen LogP contribution < -0.4 is 11.1 Å². The predicted octanol–water partition coefficient (Wildman–Crippen LogP) is 4.14. The van der Waals surface area contributed by atoms with Gasteiger partial charge in [-0.2, -0.15) is 0 Å². The molecule has 1 aromatic heterocycles. The molecule has 0 aliphatic heterocycles. The van der Waals surface area contributed by atoms with Gasteiger partial charge in [0, 0.05) is 22.3 Å². The fraction of sp³-hybridized carbons (Fsp3) is 0. The van der Waals surface area contributed by atoms with Crippen LogP contribution in [0.5, 0.6) is 0 Å². The number of nitrogen functional groups attached to an aromatic ring is 1. The number of nitrogens with one attached hydrogen (secondary N) is 1. The third-order valence-electron chi connectivity index (χ3n) is 2.74. The molecule has 4 heteroatoms. The topological polar surface area (TPSA) is 50.9 Å². The van der Waals surface area contributed by atoms with Gasteiger partial charge in [-0.15, -0.1) is 11.3 Å². The highest BCUT2D eigenvalue weighted by Crippen LogP contribution is 2.26. The lowest BCUT2D eigenvalue weighted by molar-refractivity contribution is 1.41. The van der Waals surface area contributed by atoms with Crippen LogP contribution in [0, 0.1) is 0 Å². The highest BCUT2D eigenvalue weighted by atomic mass is 32.1. The number of nitrogens with zero attached hydrogens (tertiary/aromatic N) is 1. The molecule has 94 valence electrons. The number of hydrogen-bond acceptors (Lipinski definition) is 4. The van der Waals surface area contributed by atoms with Crippen LogP contribution in [0.4, 0.5) is 16.5 Å². The molecular formula is C15H13N3S. The molecule has 0 saturated carbocycles. The van der Waals surface area contributed by atoms with E-state index >= 15 is 0 Å². The van der Waals surface area contributed by atoms with Gasteiger partial charge >= 0.3 is 0 Å². The molecule has 3 N–H and O–H groups in total. The van der Waals surface area contributed by atoms with Crippen LogP contribution in [0.3, 0.4) is 0 Å². The van der Waals surface area contributed by atoms with Crippen LogP contribution in [0.1, 0.15) is 0 Å². The van der Waals surface area contributed by atoms with Gasteiger partial charge in [-0.25, -0.2) is 4.98 Å². The second-order valence-corrected chi connectivity index (χ2v) is 5.03. The summed E-state index contributed by atoms with van der Waals surface area (Å²) < 4.78 is 0. The lowest BCUT2D eigenvalue weighted by Gasteiger charge is -2.07. The minimum atomic E-state index is 0.594. The molecule has 2 aromatic carbocycles. The Labute approximate surface area is 115 Å². The van der Waals surface area contributed by atoms with Crippen LogP contribution in [-0.4, -0.2) is 4.98 Å². The molecule has 0 amide bonds. The Hall–Kier alpha value is -2.33. The number of para-hydroxylation sites is 1. The molecule has 0 unspecified atom stereocenters. The van der Waals surface area contributed by atoms with Gasteiger partial charge in [0.15, 0.2) is 5.13 Å². The number of rotatable bonds is 3. The standard InChI is InChI=1S/C15H13N3S/c16-15-18-14(10-19-15)11-5-4-8-13(9-11)17-12-6-2-1-3-7-12/h1-10,17H,(H2,16,18).